The quantitative estimate of drug-likeness (QED) is 0.803. The molecule has 1 fully saturated rings. The van der Waals surface area contributed by atoms with Crippen LogP contribution in [-0.2, 0) is 11.2 Å². The molecule has 0 bridgehead atoms. The Labute approximate surface area is 164 Å². The second-order valence-corrected chi connectivity index (χ2v) is 8.36. The molecular formula is C21H26FN3OS. The number of thiophene rings is 1. The molecule has 1 atom stereocenters. The van der Waals surface area contributed by atoms with Crippen molar-refractivity contribution in [3.05, 3.63) is 52.0 Å². The van der Waals surface area contributed by atoms with Crippen LogP contribution >= 0.6 is 11.3 Å². The van der Waals surface area contributed by atoms with E-state index in [1.165, 1.54) is 22.6 Å². The van der Waals surface area contributed by atoms with Crippen LogP contribution in [0.4, 0.5) is 10.1 Å². The second kappa shape index (κ2) is 7.98. The Bertz CT molecular complexity index is 783. The molecule has 1 amide bonds. The Balaban J connectivity index is 1.26. The first kappa shape index (κ1) is 18.4. The SMILES string of the molecule is C[C@@H]1c2ccsc2CCN1CCC(=O)N1CCN(c2ccc(F)cc2)CC1. The lowest BCUT2D eigenvalue weighted by Gasteiger charge is -2.37. The van der Waals surface area contributed by atoms with Crippen LogP contribution in [0.25, 0.3) is 0 Å². The zero-order valence-corrected chi connectivity index (χ0v) is 16.6. The normalized spacial score (nSPS) is 20.6. The summed E-state index contributed by atoms with van der Waals surface area (Å²) in [5.41, 5.74) is 2.46. The summed E-state index contributed by atoms with van der Waals surface area (Å²) in [6.07, 6.45) is 1.68. The first-order valence-corrected chi connectivity index (χ1v) is 10.6. The molecule has 4 rings (SSSR count). The highest BCUT2D eigenvalue weighted by Gasteiger charge is 2.26. The van der Waals surface area contributed by atoms with Gasteiger partial charge in [0, 0.05) is 62.3 Å². The third kappa shape index (κ3) is 4.01. The number of fused-ring (bicyclic) bond motifs is 1. The van der Waals surface area contributed by atoms with Crippen molar-refractivity contribution in [3.8, 4) is 0 Å². The van der Waals surface area contributed by atoms with Crippen molar-refractivity contribution in [1.29, 1.82) is 0 Å². The van der Waals surface area contributed by atoms with E-state index in [9.17, 15) is 9.18 Å². The summed E-state index contributed by atoms with van der Waals surface area (Å²) in [6, 6.07) is 9.24. The Morgan fingerprint density at radius 2 is 1.85 bits per heavy atom. The number of hydrogen-bond donors (Lipinski definition) is 0. The first-order chi connectivity index (χ1) is 13.1. The zero-order chi connectivity index (χ0) is 18.8. The van der Waals surface area contributed by atoms with E-state index >= 15 is 0 Å². The van der Waals surface area contributed by atoms with Crippen LogP contribution in [0.5, 0.6) is 0 Å². The molecule has 27 heavy (non-hydrogen) atoms. The van der Waals surface area contributed by atoms with Gasteiger partial charge in [0.15, 0.2) is 0 Å². The van der Waals surface area contributed by atoms with Gasteiger partial charge in [0.25, 0.3) is 0 Å². The van der Waals surface area contributed by atoms with Gasteiger partial charge in [-0.05, 0) is 54.6 Å². The number of halogens is 1. The van der Waals surface area contributed by atoms with Crippen molar-refractivity contribution in [1.82, 2.24) is 9.80 Å². The van der Waals surface area contributed by atoms with Crippen LogP contribution in [0.3, 0.4) is 0 Å². The van der Waals surface area contributed by atoms with E-state index in [0.717, 1.165) is 51.4 Å². The molecule has 144 valence electrons. The van der Waals surface area contributed by atoms with E-state index in [2.05, 4.69) is 28.2 Å². The number of hydrogen-bond acceptors (Lipinski definition) is 4. The first-order valence-electron chi connectivity index (χ1n) is 9.70. The summed E-state index contributed by atoms with van der Waals surface area (Å²) >= 11 is 1.85. The van der Waals surface area contributed by atoms with Crippen LogP contribution in [-0.4, -0.2) is 55.0 Å². The molecule has 0 N–H and O–H groups in total. The van der Waals surface area contributed by atoms with Crippen molar-refractivity contribution < 1.29 is 9.18 Å². The molecule has 4 nitrogen and oxygen atoms in total. The van der Waals surface area contributed by atoms with Crippen LogP contribution < -0.4 is 4.90 Å². The molecule has 0 aliphatic carbocycles. The van der Waals surface area contributed by atoms with Gasteiger partial charge in [-0.3, -0.25) is 9.69 Å². The molecule has 0 saturated carbocycles. The van der Waals surface area contributed by atoms with Crippen LogP contribution in [0.2, 0.25) is 0 Å². The fraction of sp³-hybridized carbons (Fsp3) is 0.476. The maximum absolute atomic E-state index is 13.1. The molecule has 1 aromatic carbocycles. The number of rotatable bonds is 4. The average molecular weight is 388 g/mol. The maximum atomic E-state index is 13.1. The number of piperazine rings is 1. The average Bonchev–Trinajstić information content (AvgIpc) is 3.18. The minimum absolute atomic E-state index is 0.214. The molecular weight excluding hydrogens is 361 g/mol. The topological polar surface area (TPSA) is 26.8 Å². The third-order valence-corrected chi connectivity index (χ3v) is 6.84. The monoisotopic (exact) mass is 387 g/mol. The fourth-order valence-corrected chi connectivity index (χ4v) is 5.09. The van der Waals surface area contributed by atoms with Gasteiger partial charge in [0.1, 0.15) is 5.82 Å². The summed E-state index contributed by atoms with van der Waals surface area (Å²) in [4.78, 5) is 20.8. The van der Waals surface area contributed by atoms with E-state index < -0.39 is 0 Å². The minimum atomic E-state index is -0.214. The van der Waals surface area contributed by atoms with Gasteiger partial charge < -0.3 is 9.80 Å². The molecule has 2 aliphatic rings. The Morgan fingerprint density at radius 1 is 1.11 bits per heavy atom. The highest BCUT2D eigenvalue weighted by molar-refractivity contribution is 7.10. The predicted octanol–water partition coefficient (Wildman–Crippen LogP) is 3.55. The van der Waals surface area contributed by atoms with Crippen molar-refractivity contribution in [2.75, 3.05) is 44.2 Å². The number of carbonyl (C=O) groups excluding carboxylic acids is 1. The minimum Gasteiger partial charge on any atom is -0.368 e. The highest BCUT2D eigenvalue weighted by Crippen LogP contribution is 2.32. The molecule has 0 unspecified atom stereocenters. The molecule has 0 radical (unpaired) electrons. The number of carbonyl (C=O) groups is 1. The molecule has 0 spiro atoms. The van der Waals surface area contributed by atoms with Gasteiger partial charge in [-0.25, -0.2) is 4.39 Å². The lowest BCUT2D eigenvalue weighted by atomic mass is 10.0. The van der Waals surface area contributed by atoms with Crippen molar-refractivity contribution in [2.45, 2.75) is 25.8 Å². The predicted molar refractivity (Wildman–Crippen MR) is 108 cm³/mol. The second-order valence-electron chi connectivity index (χ2n) is 7.36. The van der Waals surface area contributed by atoms with Gasteiger partial charge in [-0.2, -0.15) is 0 Å². The van der Waals surface area contributed by atoms with E-state index in [0.29, 0.717) is 12.5 Å². The fourth-order valence-electron chi connectivity index (χ4n) is 4.13. The Morgan fingerprint density at radius 3 is 2.59 bits per heavy atom. The zero-order valence-electron chi connectivity index (χ0n) is 15.7. The molecule has 1 aromatic heterocycles. The number of amides is 1. The lowest BCUT2D eigenvalue weighted by Crippen LogP contribution is -2.49. The van der Waals surface area contributed by atoms with E-state index in [1.807, 2.05) is 28.4 Å². The maximum Gasteiger partial charge on any atom is 0.223 e. The summed E-state index contributed by atoms with van der Waals surface area (Å²) in [7, 11) is 0. The molecule has 2 aromatic rings. The van der Waals surface area contributed by atoms with Crippen molar-refractivity contribution >= 4 is 22.9 Å². The summed E-state index contributed by atoms with van der Waals surface area (Å²) < 4.78 is 13.1. The van der Waals surface area contributed by atoms with Gasteiger partial charge in [-0.15, -0.1) is 11.3 Å². The highest BCUT2D eigenvalue weighted by atomic mass is 32.1. The molecule has 6 heteroatoms. The van der Waals surface area contributed by atoms with Crippen molar-refractivity contribution in [2.24, 2.45) is 0 Å². The largest absolute Gasteiger partial charge is 0.368 e. The summed E-state index contributed by atoms with van der Waals surface area (Å²) in [6.45, 7) is 7.19. The van der Waals surface area contributed by atoms with Crippen LogP contribution in [0.1, 0.15) is 29.8 Å². The summed E-state index contributed by atoms with van der Waals surface area (Å²) in [5.74, 6) is 0.0335. The number of anilines is 1. The Kier molecular flexibility index (Phi) is 5.45. The number of benzene rings is 1. The van der Waals surface area contributed by atoms with E-state index in [-0.39, 0.29) is 11.7 Å². The lowest BCUT2D eigenvalue weighted by molar-refractivity contribution is -0.132. The smallest absolute Gasteiger partial charge is 0.223 e. The van der Waals surface area contributed by atoms with Gasteiger partial charge in [0.05, 0.1) is 0 Å². The van der Waals surface area contributed by atoms with Crippen molar-refractivity contribution in [3.63, 3.8) is 0 Å². The third-order valence-electron chi connectivity index (χ3n) is 5.84. The van der Waals surface area contributed by atoms with Crippen LogP contribution in [0, 0.1) is 5.82 Å². The summed E-state index contributed by atoms with van der Waals surface area (Å²) in [5, 5.41) is 2.18. The number of nitrogens with zero attached hydrogens (tertiary/aromatic N) is 3. The van der Waals surface area contributed by atoms with E-state index in [1.54, 1.807) is 0 Å². The Hall–Kier alpha value is -1.92. The van der Waals surface area contributed by atoms with Gasteiger partial charge in [0.2, 0.25) is 5.91 Å². The standard InChI is InChI=1S/C21H26FN3OS/c1-16-19-8-15-27-20(19)6-9-23(16)10-7-21(26)25-13-11-24(12-14-25)18-4-2-17(22)3-5-18/h2-5,8,15-16H,6-7,9-14H2,1H3/t16-/m1/s1. The molecule has 1 saturated heterocycles. The molecule has 3 heterocycles. The van der Waals surface area contributed by atoms with Gasteiger partial charge in [-0.1, -0.05) is 0 Å². The van der Waals surface area contributed by atoms with Crippen LogP contribution in [0.15, 0.2) is 35.7 Å². The van der Waals surface area contributed by atoms with E-state index in [4.69, 9.17) is 0 Å². The van der Waals surface area contributed by atoms with Gasteiger partial charge >= 0.3 is 0 Å². The molecule has 2 aliphatic heterocycles.